The lowest BCUT2D eigenvalue weighted by Crippen LogP contribution is -2.45. The SMILES string of the molecule is C[C@H](N[C@H]1CCN(c2nccnc2C#N)C1)C(N)=O. The van der Waals surface area contributed by atoms with Crippen molar-refractivity contribution in [2.75, 3.05) is 18.0 Å². The van der Waals surface area contributed by atoms with Crippen LogP contribution in [0, 0.1) is 11.3 Å². The number of nitriles is 1. The number of carbonyl (C=O) groups excluding carboxylic acids is 1. The van der Waals surface area contributed by atoms with Gasteiger partial charge in [0.15, 0.2) is 11.5 Å². The van der Waals surface area contributed by atoms with E-state index >= 15 is 0 Å². The molecule has 0 aromatic carbocycles. The molecule has 1 saturated heterocycles. The van der Waals surface area contributed by atoms with Crippen LogP contribution in [0.2, 0.25) is 0 Å². The molecule has 1 aliphatic heterocycles. The van der Waals surface area contributed by atoms with Gasteiger partial charge in [-0.15, -0.1) is 0 Å². The zero-order valence-corrected chi connectivity index (χ0v) is 10.7. The van der Waals surface area contributed by atoms with Gasteiger partial charge in [0.1, 0.15) is 6.07 Å². The second-order valence-corrected chi connectivity index (χ2v) is 4.56. The van der Waals surface area contributed by atoms with Gasteiger partial charge in [-0.1, -0.05) is 0 Å². The number of rotatable bonds is 4. The number of hydrogen-bond acceptors (Lipinski definition) is 6. The molecule has 0 radical (unpaired) electrons. The Morgan fingerprint density at radius 3 is 3.05 bits per heavy atom. The molecule has 0 unspecified atom stereocenters. The zero-order chi connectivity index (χ0) is 13.8. The number of carbonyl (C=O) groups is 1. The highest BCUT2D eigenvalue weighted by atomic mass is 16.1. The first-order chi connectivity index (χ1) is 9.11. The van der Waals surface area contributed by atoms with E-state index in [0.29, 0.717) is 18.1 Å². The van der Waals surface area contributed by atoms with Gasteiger partial charge in [-0.2, -0.15) is 5.26 Å². The van der Waals surface area contributed by atoms with Crippen LogP contribution in [-0.2, 0) is 4.79 Å². The lowest BCUT2D eigenvalue weighted by Gasteiger charge is -2.19. The lowest BCUT2D eigenvalue weighted by atomic mass is 10.2. The monoisotopic (exact) mass is 260 g/mol. The summed E-state index contributed by atoms with van der Waals surface area (Å²) < 4.78 is 0. The highest BCUT2D eigenvalue weighted by molar-refractivity contribution is 5.79. The van der Waals surface area contributed by atoms with Crippen LogP contribution in [0.25, 0.3) is 0 Å². The zero-order valence-electron chi connectivity index (χ0n) is 10.7. The standard InChI is InChI=1S/C12H16N6O/c1-8(11(14)19)17-9-2-5-18(7-9)12-10(6-13)15-3-4-16-12/h3-4,8-9,17H,2,5,7H2,1H3,(H2,14,19)/t8-,9-/m0/s1. The molecule has 1 aliphatic rings. The average Bonchev–Trinajstić information content (AvgIpc) is 2.86. The van der Waals surface area contributed by atoms with Gasteiger partial charge in [-0.05, 0) is 13.3 Å². The van der Waals surface area contributed by atoms with Crippen LogP contribution in [-0.4, -0.2) is 41.0 Å². The Labute approximate surface area is 111 Å². The minimum Gasteiger partial charge on any atom is -0.368 e. The van der Waals surface area contributed by atoms with Crippen molar-refractivity contribution in [2.24, 2.45) is 5.73 Å². The van der Waals surface area contributed by atoms with Crippen molar-refractivity contribution >= 4 is 11.7 Å². The van der Waals surface area contributed by atoms with E-state index in [-0.39, 0.29) is 18.0 Å². The third-order valence-electron chi connectivity index (χ3n) is 3.19. The first-order valence-corrected chi connectivity index (χ1v) is 6.13. The topological polar surface area (TPSA) is 108 Å². The molecule has 1 fully saturated rings. The lowest BCUT2D eigenvalue weighted by molar-refractivity contribution is -0.119. The summed E-state index contributed by atoms with van der Waals surface area (Å²) in [5.74, 6) is 0.233. The highest BCUT2D eigenvalue weighted by Crippen LogP contribution is 2.20. The molecule has 2 heterocycles. The van der Waals surface area contributed by atoms with E-state index in [1.165, 1.54) is 6.20 Å². The Morgan fingerprint density at radius 1 is 1.63 bits per heavy atom. The number of nitrogens with one attached hydrogen (secondary N) is 1. The molecule has 0 aliphatic carbocycles. The van der Waals surface area contributed by atoms with E-state index < -0.39 is 0 Å². The number of primary amides is 1. The number of nitrogens with zero attached hydrogens (tertiary/aromatic N) is 4. The van der Waals surface area contributed by atoms with Crippen LogP contribution in [0.1, 0.15) is 19.0 Å². The van der Waals surface area contributed by atoms with Crippen molar-refractivity contribution in [3.8, 4) is 6.07 Å². The van der Waals surface area contributed by atoms with Crippen molar-refractivity contribution in [1.82, 2.24) is 15.3 Å². The summed E-state index contributed by atoms with van der Waals surface area (Å²) >= 11 is 0. The maximum Gasteiger partial charge on any atom is 0.234 e. The Morgan fingerprint density at radius 2 is 2.37 bits per heavy atom. The maximum absolute atomic E-state index is 11.0. The van der Waals surface area contributed by atoms with Crippen LogP contribution in [0.5, 0.6) is 0 Å². The molecule has 0 saturated carbocycles. The quantitative estimate of drug-likeness (QED) is 0.747. The molecule has 100 valence electrons. The van der Waals surface area contributed by atoms with Crippen LogP contribution in [0.4, 0.5) is 5.82 Å². The van der Waals surface area contributed by atoms with E-state index in [4.69, 9.17) is 11.0 Å². The maximum atomic E-state index is 11.0. The average molecular weight is 260 g/mol. The Balaban J connectivity index is 2.02. The summed E-state index contributed by atoms with van der Waals surface area (Å²) in [6.07, 6.45) is 3.95. The molecule has 19 heavy (non-hydrogen) atoms. The second kappa shape index (κ2) is 5.63. The van der Waals surface area contributed by atoms with E-state index in [9.17, 15) is 4.79 Å². The Bertz CT molecular complexity index is 511. The molecule has 3 N–H and O–H groups in total. The van der Waals surface area contributed by atoms with Gasteiger partial charge in [-0.25, -0.2) is 9.97 Å². The third-order valence-corrected chi connectivity index (χ3v) is 3.19. The number of aromatic nitrogens is 2. The number of hydrogen-bond donors (Lipinski definition) is 2. The van der Waals surface area contributed by atoms with Gasteiger partial charge in [0.25, 0.3) is 0 Å². The molecular formula is C12H16N6O. The van der Waals surface area contributed by atoms with Gasteiger partial charge in [-0.3, -0.25) is 4.79 Å². The van der Waals surface area contributed by atoms with E-state index in [1.54, 1.807) is 13.1 Å². The summed E-state index contributed by atoms with van der Waals surface area (Å²) in [6, 6.07) is 1.84. The van der Waals surface area contributed by atoms with Gasteiger partial charge < -0.3 is 16.0 Å². The predicted octanol–water partition coefficient (Wildman–Crippen LogP) is -0.610. The molecule has 1 amide bonds. The smallest absolute Gasteiger partial charge is 0.234 e. The fourth-order valence-corrected chi connectivity index (χ4v) is 2.17. The van der Waals surface area contributed by atoms with Gasteiger partial charge in [0.2, 0.25) is 5.91 Å². The second-order valence-electron chi connectivity index (χ2n) is 4.56. The molecule has 1 aromatic rings. The molecule has 7 heteroatoms. The molecule has 0 bridgehead atoms. The van der Waals surface area contributed by atoms with Crippen molar-refractivity contribution in [3.05, 3.63) is 18.1 Å². The van der Waals surface area contributed by atoms with Crippen molar-refractivity contribution in [2.45, 2.75) is 25.4 Å². The van der Waals surface area contributed by atoms with Gasteiger partial charge in [0.05, 0.1) is 6.04 Å². The molecule has 2 atom stereocenters. The summed E-state index contributed by atoms with van der Waals surface area (Å²) in [5, 5.41) is 12.2. The molecule has 2 rings (SSSR count). The minimum atomic E-state index is -0.365. The fourth-order valence-electron chi connectivity index (χ4n) is 2.17. The Kier molecular flexibility index (Phi) is 3.92. The molecule has 0 spiro atoms. The normalized spacial score (nSPS) is 20.0. The summed E-state index contributed by atoms with van der Waals surface area (Å²) in [4.78, 5) is 21.2. The number of nitrogens with two attached hydrogens (primary N) is 1. The summed E-state index contributed by atoms with van der Waals surface area (Å²) in [7, 11) is 0. The van der Waals surface area contributed by atoms with E-state index in [1.807, 2.05) is 11.0 Å². The van der Waals surface area contributed by atoms with Crippen molar-refractivity contribution < 1.29 is 4.79 Å². The fraction of sp³-hybridized carbons (Fsp3) is 0.500. The summed E-state index contributed by atoms with van der Waals surface area (Å²) in [5.41, 5.74) is 5.55. The van der Waals surface area contributed by atoms with Gasteiger partial charge in [0, 0.05) is 31.5 Å². The molecule has 1 aromatic heterocycles. The highest BCUT2D eigenvalue weighted by Gasteiger charge is 2.27. The van der Waals surface area contributed by atoms with Crippen LogP contribution >= 0.6 is 0 Å². The molecule has 7 nitrogen and oxygen atoms in total. The van der Waals surface area contributed by atoms with Crippen LogP contribution in [0.3, 0.4) is 0 Å². The third kappa shape index (κ3) is 2.98. The number of amides is 1. The predicted molar refractivity (Wildman–Crippen MR) is 69.2 cm³/mol. The minimum absolute atomic E-state index is 0.163. The first kappa shape index (κ1) is 13.2. The van der Waals surface area contributed by atoms with Gasteiger partial charge >= 0.3 is 0 Å². The van der Waals surface area contributed by atoms with Crippen molar-refractivity contribution in [3.63, 3.8) is 0 Å². The largest absolute Gasteiger partial charge is 0.368 e. The Hall–Kier alpha value is -2.20. The van der Waals surface area contributed by atoms with Crippen LogP contribution in [0.15, 0.2) is 12.4 Å². The summed E-state index contributed by atoms with van der Waals surface area (Å²) in [6.45, 7) is 3.20. The van der Waals surface area contributed by atoms with E-state index in [0.717, 1.165) is 13.0 Å². The van der Waals surface area contributed by atoms with Crippen LogP contribution < -0.4 is 16.0 Å². The first-order valence-electron chi connectivity index (χ1n) is 6.13. The van der Waals surface area contributed by atoms with Crippen molar-refractivity contribution in [1.29, 1.82) is 5.26 Å². The molecular weight excluding hydrogens is 244 g/mol. The van der Waals surface area contributed by atoms with E-state index in [2.05, 4.69) is 15.3 Å². The number of anilines is 1.